The number of nitrogens with one attached hydrogen (secondary N) is 1. The summed E-state index contributed by atoms with van der Waals surface area (Å²) in [5.41, 5.74) is 0.795. The first-order valence-electron chi connectivity index (χ1n) is 8.61. The highest BCUT2D eigenvalue weighted by Gasteiger charge is 2.31. The predicted molar refractivity (Wildman–Crippen MR) is 95.8 cm³/mol. The van der Waals surface area contributed by atoms with E-state index in [4.69, 9.17) is 0 Å². The van der Waals surface area contributed by atoms with E-state index in [1.807, 2.05) is 37.3 Å². The summed E-state index contributed by atoms with van der Waals surface area (Å²) in [6, 6.07) is 9.35. The molecule has 24 heavy (non-hydrogen) atoms. The molecule has 0 saturated carbocycles. The normalized spacial score (nSPS) is 18.5. The van der Waals surface area contributed by atoms with Crippen molar-refractivity contribution in [3.63, 3.8) is 0 Å². The molecule has 0 aliphatic carbocycles. The Hall–Kier alpha value is -1.40. The van der Waals surface area contributed by atoms with E-state index >= 15 is 0 Å². The van der Waals surface area contributed by atoms with Gasteiger partial charge in [-0.3, -0.25) is 4.79 Å². The zero-order valence-corrected chi connectivity index (χ0v) is 15.6. The molecular weight excluding hydrogens is 324 g/mol. The standard InChI is InChI=1S/C18H28N2O3S/c1-14(2)15(3)19-18(21)17-9-11-20(12-10-17)24(22,23)13-16-7-5-4-6-8-16/h4-8,14-15,17H,9-13H2,1-3H3,(H,19,21)/t15-/m0/s1. The molecule has 6 heteroatoms. The molecule has 1 heterocycles. The van der Waals surface area contributed by atoms with Crippen molar-refractivity contribution in [2.24, 2.45) is 11.8 Å². The van der Waals surface area contributed by atoms with Crippen molar-refractivity contribution in [2.75, 3.05) is 13.1 Å². The average molecular weight is 353 g/mol. The summed E-state index contributed by atoms with van der Waals surface area (Å²) >= 11 is 0. The van der Waals surface area contributed by atoms with Crippen LogP contribution in [0.15, 0.2) is 30.3 Å². The van der Waals surface area contributed by atoms with Crippen molar-refractivity contribution >= 4 is 15.9 Å². The van der Waals surface area contributed by atoms with Crippen LogP contribution in [0.3, 0.4) is 0 Å². The highest BCUT2D eigenvalue weighted by molar-refractivity contribution is 7.88. The van der Waals surface area contributed by atoms with E-state index in [9.17, 15) is 13.2 Å². The summed E-state index contributed by atoms with van der Waals surface area (Å²) in [5.74, 6) is 0.376. The van der Waals surface area contributed by atoms with Crippen molar-refractivity contribution < 1.29 is 13.2 Å². The summed E-state index contributed by atoms with van der Waals surface area (Å²) in [6.07, 6.45) is 1.18. The Bertz CT molecular complexity index is 635. The third kappa shape index (κ3) is 5.05. The van der Waals surface area contributed by atoms with Crippen molar-refractivity contribution in [2.45, 2.75) is 45.4 Å². The number of benzene rings is 1. The number of hydrogen-bond acceptors (Lipinski definition) is 3. The van der Waals surface area contributed by atoms with E-state index < -0.39 is 10.0 Å². The third-order valence-electron chi connectivity index (χ3n) is 4.78. The fraction of sp³-hybridized carbons (Fsp3) is 0.611. The van der Waals surface area contributed by atoms with Crippen molar-refractivity contribution in [3.8, 4) is 0 Å². The molecule has 5 nitrogen and oxygen atoms in total. The first kappa shape index (κ1) is 18.9. The van der Waals surface area contributed by atoms with Gasteiger partial charge in [0.2, 0.25) is 15.9 Å². The van der Waals surface area contributed by atoms with E-state index in [-0.39, 0.29) is 23.6 Å². The molecule has 0 spiro atoms. The summed E-state index contributed by atoms with van der Waals surface area (Å²) in [5, 5.41) is 3.04. The van der Waals surface area contributed by atoms with E-state index in [1.54, 1.807) is 0 Å². The Labute approximate surface area is 145 Å². The van der Waals surface area contributed by atoms with Gasteiger partial charge in [0.25, 0.3) is 0 Å². The number of carbonyl (C=O) groups is 1. The van der Waals surface area contributed by atoms with Gasteiger partial charge in [-0.1, -0.05) is 44.2 Å². The maximum Gasteiger partial charge on any atom is 0.223 e. The summed E-state index contributed by atoms with van der Waals surface area (Å²) in [7, 11) is -3.32. The molecular formula is C18H28N2O3S. The van der Waals surface area contributed by atoms with Crippen LogP contribution in [0.2, 0.25) is 0 Å². The molecule has 0 radical (unpaired) electrons. The number of sulfonamides is 1. The SMILES string of the molecule is CC(C)[C@H](C)NC(=O)C1CCN(S(=O)(=O)Cc2ccccc2)CC1. The van der Waals surface area contributed by atoms with Crippen molar-refractivity contribution in [3.05, 3.63) is 35.9 Å². The van der Waals surface area contributed by atoms with Crippen LogP contribution in [0.1, 0.15) is 39.2 Å². The Balaban J connectivity index is 1.89. The van der Waals surface area contributed by atoms with E-state index in [0.717, 1.165) is 5.56 Å². The summed E-state index contributed by atoms with van der Waals surface area (Å²) < 4.78 is 26.6. The monoisotopic (exact) mass is 352 g/mol. The zero-order chi connectivity index (χ0) is 17.7. The average Bonchev–Trinajstić information content (AvgIpc) is 2.55. The highest BCUT2D eigenvalue weighted by Crippen LogP contribution is 2.22. The molecule has 1 aromatic carbocycles. The molecule has 1 atom stereocenters. The first-order valence-corrected chi connectivity index (χ1v) is 10.2. The molecule has 134 valence electrons. The van der Waals surface area contributed by atoms with Gasteiger partial charge in [-0.15, -0.1) is 0 Å². The molecule has 1 N–H and O–H groups in total. The van der Waals surface area contributed by atoms with Crippen LogP contribution in [0.5, 0.6) is 0 Å². The van der Waals surface area contributed by atoms with Crippen LogP contribution in [0.25, 0.3) is 0 Å². The lowest BCUT2D eigenvalue weighted by Gasteiger charge is -2.31. The molecule has 1 aliphatic rings. The van der Waals surface area contributed by atoms with Crippen LogP contribution in [-0.4, -0.2) is 37.8 Å². The van der Waals surface area contributed by atoms with Gasteiger partial charge in [-0.05, 0) is 31.2 Å². The van der Waals surface area contributed by atoms with Gasteiger partial charge in [0, 0.05) is 25.0 Å². The van der Waals surface area contributed by atoms with Gasteiger partial charge in [0.15, 0.2) is 0 Å². The van der Waals surface area contributed by atoms with Crippen molar-refractivity contribution in [1.82, 2.24) is 9.62 Å². The minimum Gasteiger partial charge on any atom is -0.353 e. The van der Waals surface area contributed by atoms with E-state index in [0.29, 0.717) is 31.8 Å². The molecule has 0 unspecified atom stereocenters. The summed E-state index contributed by atoms with van der Waals surface area (Å²) in [6.45, 7) is 6.99. The Kier molecular flexibility index (Phi) is 6.40. The van der Waals surface area contributed by atoms with Crippen LogP contribution in [0.4, 0.5) is 0 Å². The van der Waals surface area contributed by atoms with Gasteiger partial charge in [-0.25, -0.2) is 12.7 Å². The predicted octanol–water partition coefficient (Wildman–Crippen LogP) is 2.39. The lowest BCUT2D eigenvalue weighted by atomic mass is 9.96. The quantitative estimate of drug-likeness (QED) is 0.855. The number of hydrogen-bond donors (Lipinski definition) is 1. The number of rotatable bonds is 6. The smallest absolute Gasteiger partial charge is 0.223 e. The Morgan fingerprint density at radius 2 is 1.75 bits per heavy atom. The van der Waals surface area contributed by atoms with Crippen LogP contribution < -0.4 is 5.32 Å². The molecule has 1 fully saturated rings. The largest absolute Gasteiger partial charge is 0.353 e. The Morgan fingerprint density at radius 3 is 2.29 bits per heavy atom. The zero-order valence-electron chi connectivity index (χ0n) is 14.7. The Morgan fingerprint density at radius 1 is 1.17 bits per heavy atom. The maximum atomic E-state index is 12.5. The second-order valence-electron chi connectivity index (χ2n) is 6.96. The second-order valence-corrected chi connectivity index (χ2v) is 8.93. The number of carbonyl (C=O) groups excluding carboxylic acids is 1. The van der Waals surface area contributed by atoms with Crippen LogP contribution in [-0.2, 0) is 20.6 Å². The number of piperidine rings is 1. The van der Waals surface area contributed by atoms with E-state index in [1.165, 1.54) is 4.31 Å². The third-order valence-corrected chi connectivity index (χ3v) is 6.63. The van der Waals surface area contributed by atoms with Gasteiger partial charge in [-0.2, -0.15) is 0 Å². The second kappa shape index (κ2) is 8.12. The van der Waals surface area contributed by atoms with Gasteiger partial charge >= 0.3 is 0 Å². The van der Waals surface area contributed by atoms with Gasteiger partial charge in [0.05, 0.1) is 5.75 Å². The minimum absolute atomic E-state index is 0.0229. The van der Waals surface area contributed by atoms with Gasteiger partial charge in [0.1, 0.15) is 0 Å². The molecule has 1 aromatic rings. The van der Waals surface area contributed by atoms with Gasteiger partial charge < -0.3 is 5.32 Å². The highest BCUT2D eigenvalue weighted by atomic mass is 32.2. The number of amides is 1. The molecule has 0 bridgehead atoms. The fourth-order valence-corrected chi connectivity index (χ4v) is 4.34. The fourth-order valence-electron chi connectivity index (χ4n) is 2.78. The van der Waals surface area contributed by atoms with E-state index in [2.05, 4.69) is 19.2 Å². The van der Waals surface area contributed by atoms with Crippen LogP contribution in [0, 0.1) is 11.8 Å². The molecule has 1 aliphatic heterocycles. The molecule has 2 rings (SSSR count). The summed E-state index contributed by atoms with van der Waals surface area (Å²) in [4.78, 5) is 12.3. The topological polar surface area (TPSA) is 66.5 Å². The molecule has 1 amide bonds. The first-order chi connectivity index (χ1) is 11.3. The minimum atomic E-state index is -3.32. The lowest BCUT2D eigenvalue weighted by Crippen LogP contribution is -2.46. The maximum absolute atomic E-state index is 12.5. The lowest BCUT2D eigenvalue weighted by molar-refractivity contribution is -0.127. The molecule has 0 aromatic heterocycles. The molecule has 1 saturated heterocycles. The van der Waals surface area contributed by atoms with Crippen LogP contribution >= 0.6 is 0 Å². The van der Waals surface area contributed by atoms with Crippen molar-refractivity contribution in [1.29, 1.82) is 0 Å². The number of nitrogens with zero attached hydrogens (tertiary/aromatic N) is 1.